The van der Waals surface area contributed by atoms with Crippen molar-refractivity contribution in [1.29, 1.82) is 5.26 Å². The lowest BCUT2D eigenvalue weighted by Gasteiger charge is -2.19. The number of carbonyl (C=O) groups excluding carboxylic acids is 1. The highest BCUT2D eigenvalue weighted by Gasteiger charge is 2.19. The second-order valence-corrected chi connectivity index (χ2v) is 5.61. The zero-order chi connectivity index (χ0) is 18.9. The summed E-state index contributed by atoms with van der Waals surface area (Å²) in [6, 6.07) is 22.4. The van der Waals surface area contributed by atoms with E-state index in [0.717, 1.165) is 11.1 Å². The van der Waals surface area contributed by atoms with Crippen LogP contribution in [-0.4, -0.2) is 15.9 Å². The van der Waals surface area contributed by atoms with Crippen molar-refractivity contribution in [3.63, 3.8) is 0 Å². The van der Waals surface area contributed by atoms with E-state index in [-0.39, 0.29) is 11.6 Å². The number of benzene rings is 2. The van der Waals surface area contributed by atoms with Gasteiger partial charge in [0.25, 0.3) is 5.91 Å². The van der Waals surface area contributed by atoms with E-state index >= 15 is 0 Å². The van der Waals surface area contributed by atoms with Crippen molar-refractivity contribution in [3.05, 3.63) is 102 Å². The van der Waals surface area contributed by atoms with Crippen molar-refractivity contribution < 1.29 is 4.79 Å². The topological polar surface area (TPSA) is 90.7 Å². The van der Waals surface area contributed by atoms with Gasteiger partial charge in [-0.3, -0.25) is 4.79 Å². The number of hydrogen-bond acceptors (Lipinski definition) is 5. The minimum absolute atomic E-state index is 0.0701. The molecule has 0 aliphatic carbocycles. The molecule has 132 valence electrons. The summed E-state index contributed by atoms with van der Waals surface area (Å²) < 4.78 is 0. The summed E-state index contributed by atoms with van der Waals surface area (Å²) >= 11 is 0. The summed E-state index contributed by atoms with van der Waals surface area (Å²) in [5, 5.41) is 15.1. The van der Waals surface area contributed by atoms with E-state index in [4.69, 9.17) is 0 Å². The maximum absolute atomic E-state index is 12.7. The van der Waals surface area contributed by atoms with Crippen LogP contribution in [0.4, 0.5) is 5.95 Å². The molecule has 27 heavy (non-hydrogen) atoms. The highest BCUT2D eigenvalue weighted by atomic mass is 16.1. The number of anilines is 1. The molecule has 6 heteroatoms. The number of aromatic nitrogens is 2. The molecular formula is C21H17N5O. The molecule has 6 nitrogen and oxygen atoms in total. The number of hydrogen-bond donors (Lipinski definition) is 2. The standard InChI is InChI=1S/C21H17N5O/c22-14-18(15-25-21-23-12-7-13-24-21)20(27)26-19(16-8-3-1-4-9-16)17-10-5-2-6-11-17/h1-13,15,19H,(H,26,27)(H,23,24,25)/b18-15-. The Hall–Kier alpha value is -3.98. The van der Waals surface area contributed by atoms with Gasteiger partial charge in [0, 0.05) is 18.6 Å². The van der Waals surface area contributed by atoms with E-state index in [1.54, 1.807) is 18.5 Å². The lowest BCUT2D eigenvalue weighted by Crippen LogP contribution is -2.30. The van der Waals surface area contributed by atoms with Gasteiger partial charge in [0.05, 0.1) is 6.04 Å². The molecule has 0 fully saturated rings. The lowest BCUT2D eigenvalue weighted by atomic mass is 9.98. The predicted molar refractivity (Wildman–Crippen MR) is 102 cm³/mol. The van der Waals surface area contributed by atoms with E-state index < -0.39 is 5.91 Å². The number of nitriles is 1. The van der Waals surface area contributed by atoms with E-state index in [2.05, 4.69) is 20.6 Å². The van der Waals surface area contributed by atoms with Crippen LogP contribution in [0.2, 0.25) is 0 Å². The molecule has 0 aliphatic rings. The molecule has 0 atom stereocenters. The third kappa shape index (κ3) is 4.77. The SMILES string of the molecule is N#C/C(=C/Nc1ncccn1)C(=O)NC(c1ccccc1)c1ccccc1. The number of amides is 1. The Morgan fingerprint density at radius 1 is 0.926 bits per heavy atom. The monoisotopic (exact) mass is 355 g/mol. The van der Waals surface area contributed by atoms with Gasteiger partial charge in [-0.05, 0) is 17.2 Å². The van der Waals surface area contributed by atoms with Crippen molar-refractivity contribution in [2.75, 3.05) is 5.32 Å². The third-order valence-electron chi connectivity index (χ3n) is 3.82. The van der Waals surface area contributed by atoms with Crippen molar-refractivity contribution in [3.8, 4) is 6.07 Å². The molecule has 0 radical (unpaired) electrons. The van der Waals surface area contributed by atoms with Crippen LogP contribution in [0.15, 0.2) is 90.9 Å². The Bertz CT molecular complexity index is 911. The summed E-state index contributed by atoms with van der Waals surface area (Å²) in [5.74, 6) is -0.181. The van der Waals surface area contributed by atoms with Crippen LogP contribution in [0.5, 0.6) is 0 Å². The quantitative estimate of drug-likeness (QED) is 0.523. The van der Waals surface area contributed by atoms with Gasteiger partial charge in [-0.2, -0.15) is 5.26 Å². The highest BCUT2D eigenvalue weighted by Crippen LogP contribution is 2.22. The van der Waals surface area contributed by atoms with E-state index in [1.807, 2.05) is 66.7 Å². The largest absolute Gasteiger partial charge is 0.340 e. The molecule has 2 N–H and O–H groups in total. The van der Waals surface area contributed by atoms with E-state index in [0.29, 0.717) is 5.95 Å². The fourth-order valence-corrected chi connectivity index (χ4v) is 2.52. The van der Waals surface area contributed by atoms with Crippen LogP contribution < -0.4 is 10.6 Å². The molecule has 1 heterocycles. The zero-order valence-electron chi connectivity index (χ0n) is 14.4. The first-order chi connectivity index (χ1) is 13.3. The molecule has 0 bridgehead atoms. The van der Waals surface area contributed by atoms with Gasteiger partial charge in [-0.25, -0.2) is 9.97 Å². The summed E-state index contributed by atoms with van der Waals surface area (Å²) in [7, 11) is 0. The first-order valence-electron chi connectivity index (χ1n) is 8.32. The first kappa shape index (κ1) is 17.8. The Morgan fingerprint density at radius 2 is 1.48 bits per heavy atom. The minimum atomic E-state index is -0.487. The zero-order valence-corrected chi connectivity index (χ0v) is 14.4. The smallest absolute Gasteiger partial charge is 0.264 e. The molecular weight excluding hydrogens is 338 g/mol. The predicted octanol–water partition coefficient (Wildman–Crippen LogP) is 3.20. The molecule has 3 aromatic rings. The molecule has 0 spiro atoms. The normalized spacial score (nSPS) is 10.9. The lowest BCUT2D eigenvalue weighted by molar-refractivity contribution is -0.117. The summed E-state index contributed by atoms with van der Waals surface area (Å²) in [6.45, 7) is 0. The summed E-state index contributed by atoms with van der Waals surface area (Å²) in [6.07, 6.45) is 4.43. The van der Waals surface area contributed by atoms with Crippen molar-refractivity contribution >= 4 is 11.9 Å². The molecule has 0 saturated carbocycles. The van der Waals surface area contributed by atoms with Gasteiger partial charge in [0.2, 0.25) is 5.95 Å². The molecule has 2 aromatic carbocycles. The van der Waals surface area contributed by atoms with Crippen molar-refractivity contribution in [1.82, 2.24) is 15.3 Å². The average molecular weight is 355 g/mol. The van der Waals surface area contributed by atoms with Crippen LogP contribution in [-0.2, 0) is 4.79 Å². The van der Waals surface area contributed by atoms with E-state index in [9.17, 15) is 10.1 Å². The molecule has 1 amide bonds. The Morgan fingerprint density at radius 3 is 2.00 bits per heavy atom. The van der Waals surface area contributed by atoms with Gasteiger partial charge >= 0.3 is 0 Å². The number of nitrogens with one attached hydrogen (secondary N) is 2. The van der Waals surface area contributed by atoms with Crippen LogP contribution >= 0.6 is 0 Å². The van der Waals surface area contributed by atoms with Gasteiger partial charge in [0.15, 0.2) is 0 Å². The minimum Gasteiger partial charge on any atom is -0.340 e. The molecule has 0 aliphatic heterocycles. The number of nitrogens with zero attached hydrogens (tertiary/aromatic N) is 3. The molecule has 3 rings (SSSR count). The van der Waals surface area contributed by atoms with Crippen molar-refractivity contribution in [2.45, 2.75) is 6.04 Å². The summed E-state index contributed by atoms with van der Waals surface area (Å²) in [5.41, 5.74) is 1.78. The third-order valence-corrected chi connectivity index (χ3v) is 3.82. The Labute approximate surface area is 157 Å². The fourth-order valence-electron chi connectivity index (χ4n) is 2.52. The Balaban J connectivity index is 1.82. The first-order valence-corrected chi connectivity index (χ1v) is 8.32. The maximum atomic E-state index is 12.7. The van der Waals surface area contributed by atoms with Gasteiger partial charge < -0.3 is 10.6 Å². The van der Waals surface area contributed by atoms with Gasteiger partial charge in [0.1, 0.15) is 11.6 Å². The second-order valence-electron chi connectivity index (χ2n) is 5.61. The van der Waals surface area contributed by atoms with Crippen molar-refractivity contribution in [2.24, 2.45) is 0 Å². The average Bonchev–Trinajstić information content (AvgIpc) is 2.74. The van der Waals surface area contributed by atoms with Crippen LogP contribution in [0, 0.1) is 11.3 Å². The van der Waals surface area contributed by atoms with Crippen LogP contribution in [0.25, 0.3) is 0 Å². The van der Waals surface area contributed by atoms with E-state index in [1.165, 1.54) is 6.20 Å². The molecule has 1 aromatic heterocycles. The second kappa shape index (κ2) is 8.92. The maximum Gasteiger partial charge on any atom is 0.264 e. The van der Waals surface area contributed by atoms with Gasteiger partial charge in [-0.15, -0.1) is 0 Å². The summed E-state index contributed by atoms with van der Waals surface area (Å²) in [4.78, 5) is 20.7. The van der Waals surface area contributed by atoms with Crippen LogP contribution in [0.3, 0.4) is 0 Å². The van der Waals surface area contributed by atoms with Crippen LogP contribution in [0.1, 0.15) is 17.2 Å². The highest BCUT2D eigenvalue weighted by molar-refractivity contribution is 5.97. The fraction of sp³-hybridized carbons (Fsp3) is 0.0476. The number of rotatable bonds is 6. The molecule has 0 unspecified atom stereocenters. The van der Waals surface area contributed by atoms with Gasteiger partial charge in [-0.1, -0.05) is 60.7 Å². The molecule has 0 saturated heterocycles. The number of carbonyl (C=O) groups is 1. The Kier molecular flexibility index (Phi) is 5.89.